The number of nitrogens with one attached hydrogen (secondary N) is 1. The van der Waals surface area contributed by atoms with E-state index in [1.807, 2.05) is 42.5 Å². The van der Waals surface area contributed by atoms with Crippen LogP contribution in [0.3, 0.4) is 0 Å². The van der Waals surface area contributed by atoms with E-state index >= 15 is 0 Å². The minimum absolute atomic E-state index is 0.0767. The van der Waals surface area contributed by atoms with E-state index in [9.17, 15) is 4.79 Å². The van der Waals surface area contributed by atoms with Crippen LogP contribution in [0, 0.1) is 0 Å². The highest BCUT2D eigenvalue weighted by Gasteiger charge is 2.09. The van der Waals surface area contributed by atoms with Crippen LogP contribution in [-0.4, -0.2) is 19.6 Å². The van der Waals surface area contributed by atoms with Crippen molar-refractivity contribution in [3.05, 3.63) is 66.2 Å². The van der Waals surface area contributed by atoms with E-state index in [4.69, 9.17) is 9.47 Å². The number of allylic oxidation sites excluding steroid dienone is 1. The van der Waals surface area contributed by atoms with Crippen molar-refractivity contribution in [1.29, 1.82) is 0 Å². The molecule has 0 radical (unpaired) electrons. The van der Waals surface area contributed by atoms with Crippen molar-refractivity contribution in [2.24, 2.45) is 0 Å². The summed E-state index contributed by atoms with van der Waals surface area (Å²) in [6.45, 7) is 5.73. The van der Waals surface area contributed by atoms with Gasteiger partial charge in [0.05, 0.1) is 7.11 Å². The number of ether oxygens (including phenoxy) is 2. The van der Waals surface area contributed by atoms with Crippen molar-refractivity contribution in [2.75, 3.05) is 19.0 Å². The fourth-order valence-electron chi connectivity index (χ4n) is 2.29. The zero-order chi connectivity index (χ0) is 17.4. The van der Waals surface area contributed by atoms with Gasteiger partial charge < -0.3 is 14.8 Å². The Morgan fingerprint density at radius 2 is 1.83 bits per heavy atom. The highest BCUT2D eigenvalue weighted by molar-refractivity contribution is 5.91. The molecule has 1 amide bonds. The molecule has 0 fully saturated rings. The lowest BCUT2D eigenvalue weighted by atomic mass is 10.1. The number of hydrogen-bond acceptors (Lipinski definition) is 3. The normalized spacial score (nSPS) is 10.1. The zero-order valence-electron chi connectivity index (χ0n) is 14.2. The number of methoxy groups -OCH3 is 1. The maximum atomic E-state index is 12.0. The first kappa shape index (κ1) is 17.6. The molecule has 0 aromatic heterocycles. The lowest BCUT2D eigenvalue weighted by molar-refractivity contribution is -0.118. The third-order valence-corrected chi connectivity index (χ3v) is 3.61. The summed E-state index contributed by atoms with van der Waals surface area (Å²) in [6, 6.07) is 13.4. The van der Waals surface area contributed by atoms with E-state index in [1.54, 1.807) is 13.2 Å². The molecule has 0 heterocycles. The van der Waals surface area contributed by atoms with Gasteiger partial charge in [-0.25, -0.2) is 0 Å². The summed E-state index contributed by atoms with van der Waals surface area (Å²) in [7, 11) is 1.58. The van der Waals surface area contributed by atoms with Crippen LogP contribution in [0.1, 0.15) is 18.1 Å². The summed E-state index contributed by atoms with van der Waals surface area (Å²) in [5.74, 6) is 0.938. The van der Waals surface area contributed by atoms with Gasteiger partial charge in [0.2, 0.25) is 0 Å². The molecule has 24 heavy (non-hydrogen) atoms. The lowest BCUT2D eigenvalue weighted by Crippen LogP contribution is -2.20. The first-order valence-electron chi connectivity index (χ1n) is 7.95. The average Bonchev–Trinajstić information content (AvgIpc) is 2.61. The number of rotatable bonds is 8. The van der Waals surface area contributed by atoms with Gasteiger partial charge >= 0.3 is 0 Å². The monoisotopic (exact) mass is 325 g/mol. The largest absolute Gasteiger partial charge is 0.493 e. The zero-order valence-corrected chi connectivity index (χ0v) is 14.2. The number of carbonyl (C=O) groups excluding carboxylic acids is 1. The molecule has 1 N–H and O–H groups in total. The molecule has 0 aliphatic rings. The molecule has 0 spiro atoms. The number of aryl methyl sites for hydroxylation is 1. The second-order valence-corrected chi connectivity index (χ2v) is 5.37. The van der Waals surface area contributed by atoms with Crippen LogP contribution in [0.4, 0.5) is 5.69 Å². The third-order valence-electron chi connectivity index (χ3n) is 3.61. The summed E-state index contributed by atoms with van der Waals surface area (Å²) in [5, 5.41) is 2.81. The summed E-state index contributed by atoms with van der Waals surface area (Å²) in [5.41, 5.74) is 3.07. The number of anilines is 1. The average molecular weight is 325 g/mol. The van der Waals surface area contributed by atoms with Crippen LogP contribution in [-0.2, 0) is 17.6 Å². The molecule has 0 aliphatic carbocycles. The Morgan fingerprint density at radius 3 is 2.46 bits per heavy atom. The Balaban J connectivity index is 1.94. The summed E-state index contributed by atoms with van der Waals surface area (Å²) >= 11 is 0. The second kappa shape index (κ2) is 8.77. The van der Waals surface area contributed by atoms with Crippen molar-refractivity contribution < 1.29 is 14.3 Å². The molecule has 0 saturated heterocycles. The summed E-state index contributed by atoms with van der Waals surface area (Å²) in [4.78, 5) is 12.0. The summed E-state index contributed by atoms with van der Waals surface area (Å²) < 4.78 is 10.9. The van der Waals surface area contributed by atoms with Crippen molar-refractivity contribution in [1.82, 2.24) is 0 Å². The molecule has 2 aromatic rings. The van der Waals surface area contributed by atoms with Crippen LogP contribution in [0.15, 0.2) is 55.1 Å². The van der Waals surface area contributed by atoms with E-state index in [2.05, 4.69) is 18.8 Å². The SMILES string of the molecule is C=CCc1ccc(OCC(=O)Nc2ccc(CC)cc2)c(OC)c1. The predicted molar refractivity (Wildman–Crippen MR) is 96.8 cm³/mol. The first-order chi connectivity index (χ1) is 11.7. The minimum atomic E-state index is -0.212. The van der Waals surface area contributed by atoms with E-state index in [-0.39, 0.29) is 12.5 Å². The Morgan fingerprint density at radius 1 is 1.12 bits per heavy atom. The fraction of sp³-hybridized carbons (Fsp3) is 0.250. The topological polar surface area (TPSA) is 47.6 Å². The molecule has 0 unspecified atom stereocenters. The molecule has 0 atom stereocenters. The molecule has 126 valence electrons. The molecular formula is C20H23NO3. The standard InChI is InChI=1S/C20H23NO3/c1-4-6-16-9-12-18(19(13-16)23-3)24-14-20(22)21-17-10-7-15(5-2)8-11-17/h4,7-13H,1,5-6,14H2,2-3H3,(H,21,22). The Labute approximate surface area is 143 Å². The van der Waals surface area contributed by atoms with E-state index in [0.717, 1.165) is 24.1 Å². The molecule has 0 saturated carbocycles. The van der Waals surface area contributed by atoms with Gasteiger partial charge in [0.15, 0.2) is 18.1 Å². The lowest BCUT2D eigenvalue weighted by Gasteiger charge is -2.12. The van der Waals surface area contributed by atoms with Gasteiger partial charge in [-0.1, -0.05) is 31.2 Å². The minimum Gasteiger partial charge on any atom is -0.493 e. The maximum Gasteiger partial charge on any atom is 0.262 e. The predicted octanol–water partition coefficient (Wildman–Crippen LogP) is 4.00. The molecule has 4 heteroatoms. The number of hydrogen-bond donors (Lipinski definition) is 1. The van der Waals surface area contributed by atoms with E-state index < -0.39 is 0 Å². The molecule has 2 rings (SSSR count). The Hall–Kier alpha value is -2.75. The van der Waals surface area contributed by atoms with Crippen LogP contribution in [0.5, 0.6) is 11.5 Å². The maximum absolute atomic E-state index is 12.0. The molecular weight excluding hydrogens is 302 g/mol. The van der Waals surface area contributed by atoms with Crippen LogP contribution in [0.2, 0.25) is 0 Å². The van der Waals surface area contributed by atoms with Gasteiger partial charge in [-0.15, -0.1) is 6.58 Å². The van der Waals surface area contributed by atoms with Crippen molar-refractivity contribution in [3.8, 4) is 11.5 Å². The third kappa shape index (κ3) is 4.88. The number of amides is 1. The van der Waals surface area contributed by atoms with Gasteiger partial charge in [0, 0.05) is 5.69 Å². The van der Waals surface area contributed by atoms with Gasteiger partial charge in [0.25, 0.3) is 5.91 Å². The number of benzene rings is 2. The van der Waals surface area contributed by atoms with Crippen LogP contribution < -0.4 is 14.8 Å². The van der Waals surface area contributed by atoms with Crippen molar-refractivity contribution in [2.45, 2.75) is 19.8 Å². The van der Waals surface area contributed by atoms with Gasteiger partial charge in [-0.3, -0.25) is 4.79 Å². The Kier molecular flexibility index (Phi) is 6.43. The highest BCUT2D eigenvalue weighted by atomic mass is 16.5. The summed E-state index contributed by atoms with van der Waals surface area (Å²) in [6.07, 6.45) is 3.55. The van der Waals surface area contributed by atoms with E-state index in [0.29, 0.717) is 11.5 Å². The molecule has 0 aliphatic heterocycles. The highest BCUT2D eigenvalue weighted by Crippen LogP contribution is 2.28. The van der Waals surface area contributed by atoms with E-state index in [1.165, 1.54) is 5.56 Å². The van der Waals surface area contributed by atoms with Crippen molar-refractivity contribution in [3.63, 3.8) is 0 Å². The van der Waals surface area contributed by atoms with Gasteiger partial charge in [0.1, 0.15) is 0 Å². The van der Waals surface area contributed by atoms with Crippen molar-refractivity contribution >= 4 is 11.6 Å². The number of carbonyl (C=O) groups is 1. The first-order valence-corrected chi connectivity index (χ1v) is 7.95. The smallest absolute Gasteiger partial charge is 0.262 e. The van der Waals surface area contributed by atoms with Gasteiger partial charge in [-0.2, -0.15) is 0 Å². The van der Waals surface area contributed by atoms with Gasteiger partial charge in [-0.05, 0) is 48.2 Å². The fourth-order valence-corrected chi connectivity index (χ4v) is 2.29. The quantitative estimate of drug-likeness (QED) is 0.746. The van der Waals surface area contributed by atoms with Crippen LogP contribution >= 0.6 is 0 Å². The second-order valence-electron chi connectivity index (χ2n) is 5.37. The molecule has 2 aromatic carbocycles. The Bertz CT molecular complexity index is 693. The molecule has 0 bridgehead atoms. The van der Waals surface area contributed by atoms with Crippen LogP contribution in [0.25, 0.3) is 0 Å². The molecule has 4 nitrogen and oxygen atoms in total.